The van der Waals surface area contributed by atoms with Crippen molar-refractivity contribution < 1.29 is 13.7 Å². The molecule has 0 bridgehead atoms. The van der Waals surface area contributed by atoms with E-state index in [1.165, 1.54) is 18.2 Å². The van der Waals surface area contributed by atoms with Gasteiger partial charge in [0.05, 0.1) is 0 Å². The lowest BCUT2D eigenvalue weighted by molar-refractivity contribution is -0.116. The predicted molar refractivity (Wildman–Crippen MR) is 102 cm³/mol. The zero-order chi connectivity index (χ0) is 19.4. The Morgan fingerprint density at radius 1 is 1.22 bits per heavy atom. The number of nitrogens with one attached hydrogen (secondary N) is 1. The molecular weight excluding hydrogens is 345 g/mol. The van der Waals surface area contributed by atoms with Crippen LogP contribution in [0.15, 0.2) is 47.0 Å². The van der Waals surface area contributed by atoms with Crippen molar-refractivity contribution in [2.75, 3.05) is 6.54 Å². The molecule has 0 spiro atoms. The molecule has 1 N–H and O–H groups in total. The van der Waals surface area contributed by atoms with Crippen molar-refractivity contribution in [3.8, 4) is 5.82 Å². The highest BCUT2D eigenvalue weighted by atomic mass is 19.1. The molecule has 3 rings (SSSR count). The molecular formula is C21H22FN3O2. The average Bonchev–Trinajstić information content (AvgIpc) is 3.17. The van der Waals surface area contributed by atoms with Gasteiger partial charge in [0, 0.05) is 30.1 Å². The minimum absolute atomic E-state index is 0.167. The van der Waals surface area contributed by atoms with Crippen molar-refractivity contribution >= 4 is 12.0 Å². The first-order valence-electron chi connectivity index (χ1n) is 8.77. The molecule has 0 atom stereocenters. The van der Waals surface area contributed by atoms with E-state index in [0.29, 0.717) is 13.0 Å². The molecule has 3 aromatic rings. The van der Waals surface area contributed by atoms with E-state index >= 15 is 0 Å². The summed E-state index contributed by atoms with van der Waals surface area (Å²) in [7, 11) is 0. The highest BCUT2D eigenvalue weighted by Crippen LogP contribution is 2.21. The Bertz CT molecular complexity index is 968. The topological polar surface area (TPSA) is 60.1 Å². The van der Waals surface area contributed by atoms with Crippen LogP contribution in [0.25, 0.3) is 11.9 Å². The molecule has 1 aromatic carbocycles. The third-order valence-corrected chi connectivity index (χ3v) is 4.36. The lowest BCUT2D eigenvalue weighted by Crippen LogP contribution is -2.23. The molecule has 1 amide bonds. The molecule has 140 valence electrons. The molecule has 2 heterocycles. The number of carbonyl (C=O) groups excluding carboxylic acids is 1. The first kappa shape index (κ1) is 18.6. The van der Waals surface area contributed by atoms with E-state index in [1.54, 1.807) is 18.2 Å². The van der Waals surface area contributed by atoms with E-state index in [0.717, 1.165) is 34.1 Å². The van der Waals surface area contributed by atoms with Gasteiger partial charge in [-0.25, -0.2) is 4.39 Å². The summed E-state index contributed by atoms with van der Waals surface area (Å²) >= 11 is 0. The van der Waals surface area contributed by atoms with Crippen LogP contribution in [0, 0.1) is 26.6 Å². The highest BCUT2D eigenvalue weighted by molar-refractivity contribution is 5.91. The second kappa shape index (κ2) is 8.03. The summed E-state index contributed by atoms with van der Waals surface area (Å²) in [4.78, 5) is 12.0. The maximum atomic E-state index is 12.9. The average molecular weight is 367 g/mol. The highest BCUT2D eigenvalue weighted by Gasteiger charge is 2.12. The van der Waals surface area contributed by atoms with Crippen LogP contribution in [-0.4, -0.2) is 22.2 Å². The van der Waals surface area contributed by atoms with Gasteiger partial charge in [0.15, 0.2) is 5.82 Å². The Kier molecular flexibility index (Phi) is 5.54. The largest absolute Gasteiger partial charge is 0.360 e. The van der Waals surface area contributed by atoms with Crippen molar-refractivity contribution in [3.63, 3.8) is 0 Å². The van der Waals surface area contributed by atoms with Crippen molar-refractivity contribution in [2.45, 2.75) is 27.2 Å². The van der Waals surface area contributed by atoms with Gasteiger partial charge in [-0.1, -0.05) is 17.3 Å². The number of rotatable bonds is 6. The second-order valence-electron chi connectivity index (χ2n) is 6.46. The van der Waals surface area contributed by atoms with Crippen LogP contribution in [-0.2, 0) is 11.2 Å². The Balaban J connectivity index is 1.60. The van der Waals surface area contributed by atoms with Crippen molar-refractivity contribution in [1.29, 1.82) is 0 Å². The number of hydrogen-bond donors (Lipinski definition) is 1. The normalized spacial score (nSPS) is 11.3. The smallest absolute Gasteiger partial charge is 0.244 e. The minimum atomic E-state index is -0.260. The Morgan fingerprint density at radius 2 is 1.96 bits per heavy atom. The SMILES string of the molecule is Cc1cc(-n2c(C)cc(C=CC(=O)NCCc3ccc(F)cc3)c2C)no1. The van der Waals surface area contributed by atoms with Crippen LogP contribution in [0.5, 0.6) is 0 Å². The Morgan fingerprint density at radius 3 is 2.63 bits per heavy atom. The molecule has 0 unspecified atom stereocenters. The standard InChI is InChI=1S/C21H22FN3O2/c1-14-12-18(16(3)25(14)20-13-15(2)27-24-20)6-9-21(26)23-11-10-17-4-7-19(22)8-5-17/h4-9,12-13H,10-11H2,1-3H3,(H,23,26). The summed E-state index contributed by atoms with van der Waals surface area (Å²) in [5, 5.41) is 6.89. The molecule has 0 radical (unpaired) electrons. The number of benzene rings is 1. The third-order valence-electron chi connectivity index (χ3n) is 4.36. The lowest BCUT2D eigenvalue weighted by atomic mass is 10.1. The van der Waals surface area contributed by atoms with Crippen LogP contribution in [0.4, 0.5) is 4.39 Å². The van der Waals surface area contributed by atoms with Crippen LogP contribution in [0.1, 0.15) is 28.3 Å². The predicted octanol–water partition coefficient (Wildman–Crippen LogP) is 3.90. The molecule has 0 fully saturated rings. The summed E-state index contributed by atoms with van der Waals surface area (Å²) < 4.78 is 20.0. The van der Waals surface area contributed by atoms with Gasteiger partial charge in [-0.05, 0) is 62.6 Å². The number of aromatic nitrogens is 2. The van der Waals surface area contributed by atoms with Gasteiger partial charge in [0.2, 0.25) is 5.91 Å². The molecule has 5 nitrogen and oxygen atoms in total. The van der Waals surface area contributed by atoms with Gasteiger partial charge in [-0.15, -0.1) is 0 Å². The van der Waals surface area contributed by atoms with Gasteiger partial charge in [-0.2, -0.15) is 0 Å². The Labute approximate surface area is 157 Å². The summed E-state index contributed by atoms with van der Waals surface area (Å²) in [6.07, 6.45) is 3.96. The summed E-state index contributed by atoms with van der Waals surface area (Å²) in [6.45, 7) is 6.30. The van der Waals surface area contributed by atoms with Crippen LogP contribution in [0.3, 0.4) is 0 Å². The first-order chi connectivity index (χ1) is 12.9. The maximum absolute atomic E-state index is 12.9. The number of halogens is 1. The fraction of sp³-hybridized carbons (Fsp3) is 0.238. The van der Waals surface area contributed by atoms with Crippen molar-refractivity contribution in [1.82, 2.24) is 15.0 Å². The monoisotopic (exact) mass is 367 g/mol. The molecule has 0 aliphatic carbocycles. The van der Waals surface area contributed by atoms with E-state index in [2.05, 4.69) is 10.5 Å². The molecule has 2 aromatic heterocycles. The Hall–Kier alpha value is -3.15. The fourth-order valence-corrected chi connectivity index (χ4v) is 2.97. The summed E-state index contributed by atoms with van der Waals surface area (Å²) in [5.41, 5.74) is 3.92. The minimum Gasteiger partial charge on any atom is -0.360 e. The van der Waals surface area contributed by atoms with E-state index in [-0.39, 0.29) is 11.7 Å². The van der Waals surface area contributed by atoms with Gasteiger partial charge >= 0.3 is 0 Å². The molecule has 27 heavy (non-hydrogen) atoms. The van der Waals surface area contributed by atoms with Gasteiger partial charge in [-0.3, -0.25) is 9.36 Å². The van der Waals surface area contributed by atoms with Crippen LogP contribution in [0.2, 0.25) is 0 Å². The number of aryl methyl sites for hydroxylation is 2. The molecule has 0 saturated heterocycles. The van der Waals surface area contributed by atoms with Gasteiger partial charge < -0.3 is 9.84 Å². The van der Waals surface area contributed by atoms with E-state index in [1.807, 2.05) is 37.5 Å². The molecule has 0 saturated carbocycles. The van der Waals surface area contributed by atoms with E-state index in [4.69, 9.17) is 4.52 Å². The zero-order valence-corrected chi connectivity index (χ0v) is 15.6. The number of amides is 1. The first-order valence-corrected chi connectivity index (χ1v) is 8.77. The van der Waals surface area contributed by atoms with Crippen LogP contribution < -0.4 is 5.32 Å². The fourth-order valence-electron chi connectivity index (χ4n) is 2.97. The maximum Gasteiger partial charge on any atom is 0.244 e. The van der Waals surface area contributed by atoms with E-state index < -0.39 is 0 Å². The second-order valence-corrected chi connectivity index (χ2v) is 6.46. The zero-order valence-electron chi connectivity index (χ0n) is 15.6. The van der Waals surface area contributed by atoms with Crippen molar-refractivity contribution in [2.24, 2.45) is 0 Å². The third kappa shape index (κ3) is 4.53. The summed E-state index contributed by atoms with van der Waals surface area (Å²) in [6, 6.07) is 10.2. The van der Waals surface area contributed by atoms with Gasteiger partial charge in [0.1, 0.15) is 11.6 Å². The van der Waals surface area contributed by atoms with Crippen molar-refractivity contribution in [3.05, 3.63) is 76.6 Å². The molecule has 0 aliphatic rings. The van der Waals surface area contributed by atoms with Crippen LogP contribution >= 0.6 is 0 Å². The summed E-state index contributed by atoms with van der Waals surface area (Å²) in [5.74, 6) is 1.05. The molecule has 6 heteroatoms. The molecule has 0 aliphatic heterocycles. The lowest BCUT2D eigenvalue weighted by Gasteiger charge is -2.04. The number of nitrogens with zero attached hydrogens (tertiary/aromatic N) is 2. The number of hydrogen-bond acceptors (Lipinski definition) is 3. The van der Waals surface area contributed by atoms with Gasteiger partial charge in [0.25, 0.3) is 0 Å². The number of carbonyl (C=O) groups is 1. The van der Waals surface area contributed by atoms with E-state index in [9.17, 15) is 9.18 Å². The quantitative estimate of drug-likeness (QED) is 0.672.